The first kappa shape index (κ1) is 20.9. The standard InChI is InChI=1S/C23H33N5O2/c1-3-24-23(25-16-20-9-14-29-22(20)19-7-5-4-6-8-19)28-12-10-27(11-13-28)17-21-15-18(2)30-26-21/h4-8,15,20,22H,3,9-14,16-17H2,1-2H3,(H,24,25). The zero-order valence-corrected chi connectivity index (χ0v) is 18.1. The second kappa shape index (κ2) is 10.1. The highest BCUT2D eigenvalue weighted by Crippen LogP contribution is 2.34. The van der Waals surface area contributed by atoms with Crippen molar-refractivity contribution in [3.63, 3.8) is 0 Å². The number of hydrogen-bond donors (Lipinski definition) is 1. The summed E-state index contributed by atoms with van der Waals surface area (Å²) < 4.78 is 11.2. The van der Waals surface area contributed by atoms with Crippen molar-refractivity contribution in [2.24, 2.45) is 10.9 Å². The predicted octanol–water partition coefficient (Wildman–Crippen LogP) is 2.84. The predicted molar refractivity (Wildman–Crippen MR) is 117 cm³/mol. The van der Waals surface area contributed by atoms with Gasteiger partial charge in [-0.15, -0.1) is 0 Å². The van der Waals surface area contributed by atoms with Crippen LogP contribution in [0.4, 0.5) is 0 Å². The first-order valence-electron chi connectivity index (χ1n) is 11.1. The number of benzene rings is 1. The highest BCUT2D eigenvalue weighted by atomic mass is 16.5. The van der Waals surface area contributed by atoms with Crippen LogP contribution >= 0.6 is 0 Å². The molecule has 0 spiro atoms. The minimum Gasteiger partial charge on any atom is -0.373 e. The molecule has 2 aliphatic rings. The molecule has 2 fully saturated rings. The van der Waals surface area contributed by atoms with Crippen LogP contribution in [-0.4, -0.2) is 66.8 Å². The average Bonchev–Trinajstić information content (AvgIpc) is 3.41. The second-order valence-electron chi connectivity index (χ2n) is 8.14. The first-order chi connectivity index (χ1) is 14.7. The normalized spacial score (nSPS) is 23.1. The summed E-state index contributed by atoms with van der Waals surface area (Å²) in [4.78, 5) is 9.81. The Labute approximate surface area is 179 Å². The monoisotopic (exact) mass is 411 g/mol. The Morgan fingerprint density at radius 2 is 2.00 bits per heavy atom. The molecule has 1 N–H and O–H groups in total. The summed E-state index contributed by atoms with van der Waals surface area (Å²) in [5.74, 6) is 2.32. The lowest BCUT2D eigenvalue weighted by atomic mass is 9.95. The van der Waals surface area contributed by atoms with Gasteiger partial charge in [-0.2, -0.15) is 0 Å². The minimum atomic E-state index is 0.153. The number of nitrogens with one attached hydrogen (secondary N) is 1. The van der Waals surface area contributed by atoms with Crippen LogP contribution in [0.2, 0.25) is 0 Å². The van der Waals surface area contributed by atoms with Gasteiger partial charge in [0.15, 0.2) is 5.96 Å². The Balaban J connectivity index is 1.33. The maximum Gasteiger partial charge on any atom is 0.194 e. The molecular weight excluding hydrogens is 378 g/mol. The zero-order chi connectivity index (χ0) is 20.8. The quantitative estimate of drug-likeness (QED) is 0.582. The van der Waals surface area contributed by atoms with Crippen LogP contribution in [-0.2, 0) is 11.3 Å². The van der Waals surface area contributed by atoms with Gasteiger partial charge in [-0.05, 0) is 25.8 Å². The van der Waals surface area contributed by atoms with Crippen molar-refractivity contribution in [1.29, 1.82) is 0 Å². The summed E-state index contributed by atoms with van der Waals surface area (Å²) in [6.45, 7) is 11.3. The van der Waals surface area contributed by atoms with Gasteiger partial charge in [-0.25, -0.2) is 0 Å². The average molecular weight is 412 g/mol. The molecule has 1 aromatic heterocycles. The molecule has 162 valence electrons. The van der Waals surface area contributed by atoms with Crippen molar-refractivity contribution < 1.29 is 9.26 Å². The summed E-state index contributed by atoms with van der Waals surface area (Å²) in [6.07, 6.45) is 1.22. The SMILES string of the molecule is CCNC(=NCC1CCOC1c1ccccc1)N1CCN(Cc2cc(C)on2)CC1. The van der Waals surface area contributed by atoms with Gasteiger partial charge in [0.25, 0.3) is 0 Å². The zero-order valence-electron chi connectivity index (χ0n) is 18.1. The maximum atomic E-state index is 6.04. The smallest absolute Gasteiger partial charge is 0.194 e. The van der Waals surface area contributed by atoms with E-state index < -0.39 is 0 Å². The molecule has 2 saturated heterocycles. The Kier molecular flexibility index (Phi) is 7.02. The minimum absolute atomic E-state index is 0.153. The highest BCUT2D eigenvalue weighted by molar-refractivity contribution is 5.80. The van der Waals surface area contributed by atoms with E-state index in [-0.39, 0.29) is 6.10 Å². The Bertz CT molecular complexity index is 814. The first-order valence-corrected chi connectivity index (χ1v) is 11.1. The van der Waals surface area contributed by atoms with Crippen LogP contribution in [0.15, 0.2) is 45.9 Å². The van der Waals surface area contributed by atoms with E-state index in [4.69, 9.17) is 14.3 Å². The van der Waals surface area contributed by atoms with E-state index in [2.05, 4.69) is 57.5 Å². The number of piperazine rings is 1. The largest absolute Gasteiger partial charge is 0.373 e. The summed E-state index contributed by atoms with van der Waals surface area (Å²) in [6, 6.07) is 12.6. The molecular formula is C23H33N5O2. The number of rotatable bonds is 6. The number of ether oxygens (including phenoxy) is 1. The molecule has 0 aliphatic carbocycles. The van der Waals surface area contributed by atoms with E-state index >= 15 is 0 Å². The van der Waals surface area contributed by atoms with Crippen LogP contribution in [0.5, 0.6) is 0 Å². The van der Waals surface area contributed by atoms with Crippen molar-refractivity contribution in [1.82, 2.24) is 20.3 Å². The van der Waals surface area contributed by atoms with E-state index in [1.807, 2.05) is 13.0 Å². The van der Waals surface area contributed by atoms with E-state index in [0.29, 0.717) is 5.92 Å². The molecule has 3 heterocycles. The summed E-state index contributed by atoms with van der Waals surface area (Å²) in [7, 11) is 0. The Hall–Kier alpha value is -2.38. The fourth-order valence-corrected chi connectivity index (χ4v) is 4.30. The van der Waals surface area contributed by atoms with Crippen LogP contribution in [0.3, 0.4) is 0 Å². The molecule has 2 aliphatic heterocycles. The third kappa shape index (κ3) is 5.21. The number of aliphatic imine (C=N–C) groups is 1. The maximum absolute atomic E-state index is 6.04. The van der Waals surface area contributed by atoms with Gasteiger partial charge in [0.05, 0.1) is 11.8 Å². The summed E-state index contributed by atoms with van der Waals surface area (Å²) >= 11 is 0. The van der Waals surface area contributed by atoms with Crippen molar-refractivity contribution in [3.05, 3.63) is 53.4 Å². The molecule has 7 nitrogen and oxygen atoms in total. The topological polar surface area (TPSA) is 66.1 Å². The van der Waals surface area contributed by atoms with Crippen LogP contribution in [0.25, 0.3) is 0 Å². The number of aryl methyl sites for hydroxylation is 1. The third-order valence-electron chi connectivity index (χ3n) is 5.89. The Morgan fingerprint density at radius 1 is 1.20 bits per heavy atom. The third-order valence-corrected chi connectivity index (χ3v) is 5.89. The lowest BCUT2D eigenvalue weighted by Crippen LogP contribution is -2.52. The van der Waals surface area contributed by atoms with Gasteiger partial charge in [-0.3, -0.25) is 9.89 Å². The number of nitrogens with zero attached hydrogens (tertiary/aromatic N) is 4. The number of guanidine groups is 1. The van der Waals surface area contributed by atoms with Gasteiger partial charge < -0.3 is 19.5 Å². The molecule has 30 heavy (non-hydrogen) atoms. The van der Waals surface area contributed by atoms with Gasteiger partial charge in [0, 0.05) is 64.4 Å². The van der Waals surface area contributed by atoms with Gasteiger partial charge in [0.2, 0.25) is 0 Å². The van der Waals surface area contributed by atoms with E-state index in [1.54, 1.807) is 0 Å². The van der Waals surface area contributed by atoms with E-state index in [1.165, 1.54) is 5.56 Å². The van der Waals surface area contributed by atoms with Crippen molar-refractivity contribution in [2.75, 3.05) is 45.9 Å². The second-order valence-corrected chi connectivity index (χ2v) is 8.14. The summed E-state index contributed by atoms with van der Waals surface area (Å²) in [5, 5.41) is 7.61. The molecule has 2 unspecified atom stereocenters. The molecule has 1 aromatic carbocycles. The lowest BCUT2D eigenvalue weighted by Gasteiger charge is -2.36. The molecule has 2 aromatic rings. The van der Waals surface area contributed by atoms with Gasteiger partial charge in [0.1, 0.15) is 5.76 Å². The summed E-state index contributed by atoms with van der Waals surface area (Å²) in [5.41, 5.74) is 2.27. The van der Waals surface area contributed by atoms with Crippen molar-refractivity contribution >= 4 is 5.96 Å². The van der Waals surface area contributed by atoms with Crippen molar-refractivity contribution in [3.8, 4) is 0 Å². The highest BCUT2D eigenvalue weighted by Gasteiger charge is 2.30. The fraction of sp³-hybridized carbons (Fsp3) is 0.565. The molecule has 0 radical (unpaired) electrons. The Morgan fingerprint density at radius 3 is 2.70 bits per heavy atom. The molecule has 0 bridgehead atoms. The van der Waals surface area contributed by atoms with E-state index in [9.17, 15) is 0 Å². The van der Waals surface area contributed by atoms with Crippen LogP contribution in [0, 0.1) is 12.8 Å². The fourth-order valence-electron chi connectivity index (χ4n) is 4.30. The molecule has 2 atom stereocenters. The van der Waals surface area contributed by atoms with Crippen molar-refractivity contribution in [2.45, 2.75) is 32.9 Å². The van der Waals surface area contributed by atoms with Gasteiger partial charge >= 0.3 is 0 Å². The molecule has 0 amide bonds. The number of aromatic nitrogens is 1. The molecule has 7 heteroatoms. The van der Waals surface area contributed by atoms with Gasteiger partial charge in [-0.1, -0.05) is 35.5 Å². The molecule has 4 rings (SSSR count). The molecule has 0 saturated carbocycles. The number of hydrogen-bond acceptors (Lipinski definition) is 5. The lowest BCUT2D eigenvalue weighted by molar-refractivity contribution is 0.0924. The van der Waals surface area contributed by atoms with Crippen LogP contribution < -0.4 is 5.32 Å². The van der Waals surface area contributed by atoms with Crippen LogP contribution in [0.1, 0.15) is 36.5 Å². The van der Waals surface area contributed by atoms with E-state index in [0.717, 1.165) is 76.3 Å².